The van der Waals surface area contributed by atoms with Gasteiger partial charge in [0.05, 0.1) is 12.7 Å². The minimum absolute atomic E-state index is 0.259. The molecule has 1 atom stereocenters. The molecule has 2 amide bonds. The number of carboxylic acid groups (broad SMARTS) is 1. The average molecular weight is 276 g/mol. The number of aliphatic carboxylic acids is 1. The van der Waals surface area contributed by atoms with Gasteiger partial charge >= 0.3 is 12.0 Å². The first-order valence-corrected chi connectivity index (χ1v) is 6.11. The molecule has 0 aliphatic heterocycles. The maximum absolute atomic E-state index is 12.0. The standard InChI is InChI=1S/C12H24N2O5/c1-6-14(12(2,3)10(15)16)11(17)13-7-9(19-5)8-18-4/h9H,6-8H2,1-5H3,(H,13,17)(H,15,16). The van der Waals surface area contributed by atoms with Crippen LogP contribution in [-0.4, -0.2) is 67.6 Å². The third-order valence-corrected chi connectivity index (χ3v) is 2.93. The molecule has 0 fully saturated rings. The van der Waals surface area contributed by atoms with E-state index in [9.17, 15) is 9.59 Å². The van der Waals surface area contributed by atoms with E-state index in [1.807, 2.05) is 0 Å². The van der Waals surface area contributed by atoms with E-state index >= 15 is 0 Å². The van der Waals surface area contributed by atoms with Gasteiger partial charge in [-0.1, -0.05) is 0 Å². The molecule has 0 aromatic carbocycles. The fourth-order valence-corrected chi connectivity index (χ4v) is 1.60. The summed E-state index contributed by atoms with van der Waals surface area (Å²) in [6, 6.07) is -0.437. The van der Waals surface area contributed by atoms with E-state index in [0.29, 0.717) is 13.2 Å². The third-order valence-electron chi connectivity index (χ3n) is 2.93. The van der Waals surface area contributed by atoms with E-state index in [-0.39, 0.29) is 12.6 Å². The molecule has 0 heterocycles. The van der Waals surface area contributed by atoms with Crippen molar-refractivity contribution < 1.29 is 24.2 Å². The maximum atomic E-state index is 12.0. The number of likely N-dealkylation sites (N-methyl/N-ethyl adjacent to an activating group) is 1. The average Bonchev–Trinajstić information content (AvgIpc) is 2.34. The van der Waals surface area contributed by atoms with E-state index in [2.05, 4.69) is 5.32 Å². The van der Waals surface area contributed by atoms with Gasteiger partial charge in [0.15, 0.2) is 0 Å². The van der Waals surface area contributed by atoms with Gasteiger partial charge in [-0.05, 0) is 20.8 Å². The van der Waals surface area contributed by atoms with Crippen molar-refractivity contribution in [2.75, 3.05) is 33.9 Å². The van der Waals surface area contributed by atoms with Crippen LogP contribution < -0.4 is 5.32 Å². The quantitative estimate of drug-likeness (QED) is 0.675. The van der Waals surface area contributed by atoms with Crippen molar-refractivity contribution >= 4 is 12.0 Å². The van der Waals surface area contributed by atoms with Gasteiger partial charge in [-0.15, -0.1) is 0 Å². The van der Waals surface area contributed by atoms with Crippen LogP contribution in [0.4, 0.5) is 4.79 Å². The molecule has 1 unspecified atom stereocenters. The number of nitrogens with one attached hydrogen (secondary N) is 1. The number of rotatable bonds is 8. The van der Waals surface area contributed by atoms with Crippen molar-refractivity contribution in [3.05, 3.63) is 0 Å². The number of carbonyl (C=O) groups is 2. The van der Waals surface area contributed by atoms with Gasteiger partial charge in [-0.3, -0.25) is 0 Å². The van der Waals surface area contributed by atoms with Crippen LogP contribution in [0.25, 0.3) is 0 Å². The molecular formula is C12H24N2O5. The van der Waals surface area contributed by atoms with Crippen molar-refractivity contribution in [2.24, 2.45) is 0 Å². The second kappa shape index (κ2) is 7.96. The summed E-state index contributed by atoms with van der Waals surface area (Å²) >= 11 is 0. The number of nitrogens with zero attached hydrogens (tertiary/aromatic N) is 1. The summed E-state index contributed by atoms with van der Waals surface area (Å²) in [5.41, 5.74) is -1.26. The Hall–Kier alpha value is -1.34. The zero-order valence-electron chi connectivity index (χ0n) is 12.2. The summed E-state index contributed by atoms with van der Waals surface area (Å²) in [5, 5.41) is 11.8. The first-order chi connectivity index (χ1) is 8.81. The Balaban J connectivity index is 4.57. The first kappa shape index (κ1) is 17.7. The van der Waals surface area contributed by atoms with Crippen LogP contribution >= 0.6 is 0 Å². The van der Waals surface area contributed by atoms with Crippen molar-refractivity contribution in [3.8, 4) is 0 Å². The number of hydrogen-bond donors (Lipinski definition) is 2. The summed E-state index contributed by atoms with van der Waals surface area (Å²) in [5.74, 6) is -1.05. The molecule has 0 rings (SSSR count). The molecule has 0 spiro atoms. The fraction of sp³-hybridized carbons (Fsp3) is 0.833. The Labute approximate surface area is 113 Å². The van der Waals surface area contributed by atoms with Gasteiger partial charge in [0.1, 0.15) is 5.54 Å². The van der Waals surface area contributed by atoms with Gasteiger partial charge < -0.3 is 24.8 Å². The Bertz CT molecular complexity index is 306. The van der Waals surface area contributed by atoms with Crippen LogP contribution in [0.2, 0.25) is 0 Å². The summed E-state index contributed by atoms with van der Waals surface area (Å²) in [7, 11) is 3.06. The molecule has 0 aromatic heterocycles. The van der Waals surface area contributed by atoms with E-state index in [1.54, 1.807) is 14.0 Å². The maximum Gasteiger partial charge on any atom is 0.329 e. The number of methoxy groups -OCH3 is 2. The SMILES string of the molecule is CCN(C(=O)NCC(COC)OC)C(C)(C)C(=O)O. The molecule has 112 valence electrons. The Morgan fingerprint density at radius 1 is 1.37 bits per heavy atom. The number of amides is 2. The molecule has 19 heavy (non-hydrogen) atoms. The summed E-state index contributed by atoms with van der Waals surface area (Å²) in [4.78, 5) is 24.4. The third kappa shape index (κ3) is 5.04. The number of carboxylic acids is 1. The molecule has 0 aliphatic carbocycles. The highest BCUT2D eigenvalue weighted by molar-refractivity contribution is 5.85. The lowest BCUT2D eigenvalue weighted by Crippen LogP contribution is -2.56. The monoisotopic (exact) mass is 276 g/mol. The highest BCUT2D eigenvalue weighted by Gasteiger charge is 2.36. The predicted octanol–water partition coefficient (Wildman–Crippen LogP) is 0.543. The molecular weight excluding hydrogens is 252 g/mol. The van der Waals surface area contributed by atoms with E-state index < -0.39 is 17.5 Å². The van der Waals surface area contributed by atoms with Gasteiger partial charge in [-0.2, -0.15) is 0 Å². The highest BCUT2D eigenvalue weighted by atomic mass is 16.5. The van der Waals surface area contributed by atoms with Crippen molar-refractivity contribution in [1.29, 1.82) is 0 Å². The molecule has 2 N–H and O–H groups in total. The van der Waals surface area contributed by atoms with Crippen LogP contribution in [0.5, 0.6) is 0 Å². The lowest BCUT2D eigenvalue weighted by molar-refractivity contribution is -0.147. The molecule has 0 aliphatic rings. The lowest BCUT2D eigenvalue weighted by atomic mass is 10.0. The summed E-state index contributed by atoms with van der Waals surface area (Å²) in [6.45, 7) is 5.61. The summed E-state index contributed by atoms with van der Waals surface area (Å²) in [6.07, 6.45) is -0.263. The molecule has 0 bridgehead atoms. The smallest absolute Gasteiger partial charge is 0.329 e. The number of urea groups is 1. The van der Waals surface area contributed by atoms with Gasteiger partial charge in [0.25, 0.3) is 0 Å². The van der Waals surface area contributed by atoms with Crippen LogP contribution in [-0.2, 0) is 14.3 Å². The van der Waals surface area contributed by atoms with Crippen LogP contribution in [0.15, 0.2) is 0 Å². The second-order valence-electron chi connectivity index (χ2n) is 4.61. The first-order valence-electron chi connectivity index (χ1n) is 6.11. The lowest BCUT2D eigenvalue weighted by Gasteiger charge is -2.34. The van der Waals surface area contributed by atoms with E-state index in [1.165, 1.54) is 25.9 Å². The fourth-order valence-electron chi connectivity index (χ4n) is 1.60. The normalized spacial score (nSPS) is 12.9. The van der Waals surface area contributed by atoms with Gasteiger partial charge in [-0.25, -0.2) is 9.59 Å². The molecule has 0 saturated heterocycles. The Kier molecular flexibility index (Phi) is 7.40. The minimum atomic E-state index is -1.26. The Morgan fingerprint density at radius 2 is 1.95 bits per heavy atom. The van der Waals surface area contributed by atoms with Crippen molar-refractivity contribution in [1.82, 2.24) is 10.2 Å². The molecule has 7 heteroatoms. The highest BCUT2D eigenvalue weighted by Crippen LogP contribution is 2.14. The Morgan fingerprint density at radius 3 is 2.32 bits per heavy atom. The molecule has 0 radical (unpaired) electrons. The second-order valence-corrected chi connectivity index (χ2v) is 4.61. The summed E-state index contributed by atoms with van der Waals surface area (Å²) < 4.78 is 10.0. The van der Waals surface area contributed by atoms with Crippen molar-refractivity contribution in [3.63, 3.8) is 0 Å². The topological polar surface area (TPSA) is 88.1 Å². The number of ether oxygens (including phenoxy) is 2. The van der Waals surface area contributed by atoms with Gasteiger partial charge in [0, 0.05) is 27.3 Å². The van der Waals surface area contributed by atoms with E-state index in [0.717, 1.165) is 0 Å². The van der Waals surface area contributed by atoms with Crippen LogP contribution in [0, 0.1) is 0 Å². The number of carbonyl (C=O) groups excluding carboxylic acids is 1. The molecule has 7 nitrogen and oxygen atoms in total. The number of hydrogen-bond acceptors (Lipinski definition) is 4. The molecule has 0 saturated carbocycles. The minimum Gasteiger partial charge on any atom is -0.480 e. The predicted molar refractivity (Wildman–Crippen MR) is 70.2 cm³/mol. The van der Waals surface area contributed by atoms with Gasteiger partial charge in [0.2, 0.25) is 0 Å². The van der Waals surface area contributed by atoms with E-state index in [4.69, 9.17) is 14.6 Å². The van der Waals surface area contributed by atoms with Crippen LogP contribution in [0.3, 0.4) is 0 Å². The largest absolute Gasteiger partial charge is 0.480 e. The zero-order chi connectivity index (χ0) is 15.1. The zero-order valence-corrected chi connectivity index (χ0v) is 12.2. The van der Waals surface area contributed by atoms with Crippen molar-refractivity contribution in [2.45, 2.75) is 32.4 Å². The molecule has 0 aromatic rings. The van der Waals surface area contributed by atoms with Crippen LogP contribution in [0.1, 0.15) is 20.8 Å².